The van der Waals surface area contributed by atoms with Crippen LogP contribution < -0.4 is 0 Å². The zero-order valence-corrected chi connectivity index (χ0v) is 14.5. The first-order chi connectivity index (χ1) is 9.61. The van der Waals surface area contributed by atoms with Gasteiger partial charge in [-0.05, 0) is 41.0 Å². The van der Waals surface area contributed by atoms with E-state index in [9.17, 15) is 9.59 Å². The van der Waals surface area contributed by atoms with Crippen molar-refractivity contribution >= 4 is 12.0 Å². The van der Waals surface area contributed by atoms with Crippen molar-refractivity contribution < 1.29 is 14.7 Å². The number of unbranched alkanes of at least 4 members (excludes halogenated alkanes) is 2. The number of carbonyl (C=O) groups excluding carboxylic acids is 1. The molecule has 0 rings (SSSR count). The molecule has 0 aromatic heterocycles. The van der Waals surface area contributed by atoms with Crippen molar-refractivity contribution in [2.24, 2.45) is 0 Å². The summed E-state index contributed by atoms with van der Waals surface area (Å²) in [5.74, 6) is -0.876. The highest BCUT2D eigenvalue weighted by Crippen LogP contribution is 2.18. The summed E-state index contributed by atoms with van der Waals surface area (Å²) in [5.41, 5.74) is -0.384. The molecule has 5 nitrogen and oxygen atoms in total. The van der Waals surface area contributed by atoms with Gasteiger partial charge in [0, 0.05) is 24.7 Å². The highest BCUT2D eigenvalue weighted by Gasteiger charge is 2.31. The van der Waals surface area contributed by atoms with Crippen LogP contribution in [0.3, 0.4) is 0 Å². The second-order valence-corrected chi connectivity index (χ2v) is 6.74. The highest BCUT2D eigenvalue weighted by molar-refractivity contribution is 5.76. The van der Waals surface area contributed by atoms with E-state index < -0.39 is 5.97 Å². The molecule has 0 fully saturated rings. The monoisotopic (exact) mass is 300 g/mol. The third-order valence-electron chi connectivity index (χ3n) is 3.46. The molecule has 0 heterocycles. The molecule has 0 aromatic carbocycles. The van der Waals surface area contributed by atoms with Crippen molar-refractivity contribution in [3.8, 4) is 0 Å². The number of aliphatic carboxylic acids is 1. The fraction of sp³-hybridized carbons (Fsp3) is 0.875. The summed E-state index contributed by atoms with van der Waals surface area (Å²) in [7, 11) is 0. The number of carboxylic acid groups (broad SMARTS) is 1. The number of nitrogens with zero attached hydrogens (tertiary/aromatic N) is 2. The zero-order chi connectivity index (χ0) is 16.6. The number of carboxylic acids is 1. The van der Waals surface area contributed by atoms with Crippen molar-refractivity contribution in [2.45, 2.75) is 78.8 Å². The van der Waals surface area contributed by atoms with Crippen LogP contribution in [-0.4, -0.2) is 51.6 Å². The standard InChI is InChI=1S/C16H32N2O3/c1-7-8-9-11-17(13(2)3)15(21)18(16(4,5)6)12-10-14(19)20/h13H,7-12H2,1-6H3,(H,19,20). The Labute approximate surface area is 129 Å². The number of hydrogen-bond donors (Lipinski definition) is 1. The van der Waals surface area contributed by atoms with Crippen LogP contribution in [0.2, 0.25) is 0 Å². The maximum absolute atomic E-state index is 12.8. The molecule has 1 N–H and O–H groups in total. The van der Waals surface area contributed by atoms with Gasteiger partial charge in [0.1, 0.15) is 0 Å². The molecule has 0 unspecified atom stereocenters. The van der Waals surface area contributed by atoms with E-state index in [4.69, 9.17) is 5.11 Å². The Balaban J connectivity index is 4.97. The van der Waals surface area contributed by atoms with Crippen LogP contribution in [0.5, 0.6) is 0 Å². The van der Waals surface area contributed by atoms with E-state index in [-0.39, 0.29) is 30.6 Å². The van der Waals surface area contributed by atoms with Gasteiger partial charge in [0.2, 0.25) is 0 Å². The van der Waals surface area contributed by atoms with Crippen LogP contribution >= 0.6 is 0 Å². The first kappa shape index (κ1) is 19.7. The van der Waals surface area contributed by atoms with Gasteiger partial charge in [-0.3, -0.25) is 4.79 Å². The highest BCUT2D eigenvalue weighted by atomic mass is 16.4. The maximum Gasteiger partial charge on any atom is 0.320 e. The zero-order valence-electron chi connectivity index (χ0n) is 14.5. The minimum atomic E-state index is -0.876. The smallest absolute Gasteiger partial charge is 0.320 e. The van der Waals surface area contributed by atoms with E-state index >= 15 is 0 Å². The molecule has 0 bridgehead atoms. The molecule has 0 atom stereocenters. The van der Waals surface area contributed by atoms with E-state index in [0.717, 1.165) is 25.8 Å². The second kappa shape index (κ2) is 8.90. The Morgan fingerprint density at radius 2 is 1.67 bits per heavy atom. The van der Waals surface area contributed by atoms with Crippen LogP contribution in [0.4, 0.5) is 4.79 Å². The molecular weight excluding hydrogens is 268 g/mol. The third-order valence-corrected chi connectivity index (χ3v) is 3.46. The van der Waals surface area contributed by atoms with E-state index in [1.807, 2.05) is 39.5 Å². The van der Waals surface area contributed by atoms with E-state index in [2.05, 4.69) is 6.92 Å². The summed E-state index contributed by atoms with van der Waals surface area (Å²) < 4.78 is 0. The van der Waals surface area contributed by atoms with Crippen LogP contribution in [-0.2, 0) is 4.79 Å². The fourth-order valence-electron chi connectivity index (χ4n) is 2.19. The lowest BCUT2D eigenvalue weighted by atomic mass is 10.1. The van der Waals surface area contributed by atoms with Gasteiger partial charge in [0.05, 0.1) is 6.42 Å². The van der Waals surface area contributed by atoms with E-state index in [1.54, 1.807) is 4.90 Å². The quantitative estimate of drug-likeness (QED) is 0.697. The van der Waals surface area contributed by atoms with Crippen LogP contribution in [0, 0.1) is 0 Å². The Kier molecular flexibility index (Phi) is 8.37. The van der Waals surface area contributed by atoms with Crippen LogP contribution in [0.1, 0.15) is 67.2 Å². The lowest BCUT2D eigenvalue weighted by Crippen LogP contribution is -2.54. The fourth-order valence-corrected chi connectivity index (χ4v) is 2.19. The summed E-state index contributed by atoms with van der Waals surface area (Å²) in [4.78, 5) is 27.1. The topological polar surface area (TPSA) is 60.9 Å². The Hall–Kier alpha value is -1.26. The molecule has 124 valence electrons. The minimum absolute atomic E-state index is 0.0239. The van der Waals surface area contributed by atoms with Crippen molar-refractivity contribution in [3.63, 3.8) is 0 Å². The third kappa shape index (κ3) is 7.34. The average Bonchev–Trinajstić information content (AvgIpc) is 2.32. The van der Waals surface area contributed by atoms with Gasteiger partial charge in [0.15, 0.2) is 0 Å². The van der Waals surface area contributed by atoms with Crippen molar-refractivity contribution in [2.75, 3.05) is 13.1 Å². The molecule has 0 radical (unpaired) electrons. The summed E-state index contributed by atoms with van der Waals surface area (Å²) in [6, 6.07) is 0.0545. The predicted octanol–water partition coefficient (Wildman–Crippen LogP) is 3.58. The minimum Gasteiger partial charge on any atom is -0.481 e. The molecular formula is C16H32N2O3. The number of rotatable bonds is 8. The summed E-state index contributed by atoms with van der Waals surface area (Å²) in [6.45, 7) is 12.9. The lowest BCUT2D eigenvalue weighted by molar-refractivity contribution is -0.137. The molecule has 0 aliphatic carbocycles. The summed E-state index contributed by atoms with van der Waals surface area (Å²) in [5, 5.41) is 8.88. The molecule has 0 spiro atoms. The first-order valence-corrected chi connectivity index (χ1v) is 7.91. The van der Waals surface area contributed by atoms with Crippen LogP contribution in [0.25, 0.3) is 0 Å². The first-order valence-electron chi connectivity index (χ1n) is 7.91. The molecule has 5 heteroatoms. The number of amides is 2. The van der Waals surface area contributed by atoms with Gasteiger partial charge < -0.3 is 14.9 Å². The molecule has 0 aliphatic heterocycles. The molecule has 2 amide bonds. The summed E-state index contributed by atoms with van der Waals surface area (Å²) in [6.07, 6.45) is 3.17. The Bertz CT molecular complexity index is 335. The van der Waals surface area contributed by atoms with Crippen LogP contribution in [0.15, 0.2) is 0 Å². The van der Waals surface area contributed by atoms with Gasteiger partial charge >= 0.3 is 12.0 Å². The van der Waals surface area contributed by atoms with Crippen molar-refractivity contribution in [1.82, 2.24) is 9.80 Å². The largest absolute Gasteiger partial charge is 0.481 e. The van der Waals surface area contributed by atoms with Gasteiger partial charge in [-0.2, -0.15) is 0 Å². The number of carbonyl (C=O) groups is 2. The molecule has 21 heavy (non-hydrogen) atoms. The lowest BCUT2D eigenvalue weighted by Gasteiger charge is -2.40. The van der Waals surface area contributed by atoms with E-state index in [0.29, 0.717) is 0 Å². The number of urea groups is 1. The Morgan fingerprint density at radius 3 is 2.05 bits per heavy atom. The summed E-state index contributed by atoms with van der Waals surface area (Å²) >= 11 is 0. The number of hydrogen-bond acceptors (Lipinski definition) is 2. The van der Waals surface area contributed by atoms with E-state index in [1.165, 1.54) is 0 Å². The molecule has 0 saturated heterocycles. The SMILES string of the molecule is CCCCCN(C(=O)N(CCC(=O)O)C(C)(C)C)C(C)C. The van der Waals surface area contributed by atoms with Gasteiger partial charge in [0.25, 0.3) is 0 Å². The second-order valence-electron chi connectivity index (χ2n) is 6.74. The van der Waals surface area contributed by atoms with Crippen molar-refractivity contribution in [3.05, 3.63) is 0 Å². The molecule has 0 saturated carbocycles. The predicted molar refractivity (Wildman–Crippen MR) is 85.5 cm³/mol. The van der Waals surface area contributed by atoms with Gasteiger partial charge in [-0.1, -0.05) is 19.8 Å². The normalized spacial score (nSPS) is 11.6. The molecule has 0 aromatic rings. The average molecular weight is 300 g/mol. The molecule has 0 aliphatic rings. The van der Waals surface area contributed by atoms with Gasteiger partial charge in [-0.15, -0.1) is 0 Å². The van der Waals surface area contributed by atoms with Crippen molar-refractivity contribution in [1.29, 1.82) is 0 Å². The van der Waals surface area contributed by atoms with Gasteiger partial charge in [-0.25, -0.2) is 4.79 Å². The maximum atomic E-state index is 12.8. The Morgan fingerprint density at radius 1 is 1.10 bits per heavy atom.